The van der Waals surface area contributed by atoms with E-state index in [-0.39, 0.29) is 10.8 Å². The van der Waals surface area contributed by atoms with Crippen molar-refractivity contribution in [3.63, 3.8) is 0 Å². The van der Waals surface area contributed by atoms with Gasteiger partial charge < -0.3 is 5.73 Å². The second-order valence-corrected chi connectivity index (χ2v) is 6.45. The number of thiophene rings is 1. The van der Waals surface area contributed by atoms with Crippen molar-refractivity contribution in [3.05, 3.63) is 28.9 Å². The summed E-state index contributed by atoms with van der Waals surface area (Å²) in [4.78, 5) is 0. The number of aromatic nitrogens is 2. The van der Waals surface area contributed by atoms with Crippen LogP contribution in [0.15, 0.2) is 21.9 Å². The van der Waals surface area contributed by atoms with Crippen LogP contribution >= 0.6 is 11.3 Å². The van der Waals surface area contributed by atoms with E-state index in [1.807, 2.05) is 6.92 Å². The predicted molar refractivity (Wildman–Crippen MR) is 66.1 cm³/mol. The molecule has 0 bridgehead atoms. The van der Waals surface area contributed by atoms with Crippen molar-refractivity contribution in [1.29, 1.82) is 0 Å². The van der Waals surface area contributed by atoms with Gasteiger partial charge in [0, 0.05) is 28.9 Å². The lowest BCUT2D eigenvalue weighted by atomic mass is 10.3. The Morgan fingerprint density at radius 1 is 1.59 bits per heavy atom. The molecule has 0 aliphatic carbocycles. The van der Waals surface area contributed by atoms with Crippen molar-refractivity contribution in [2.75, 3.05) is 5.73 Å². The first-order chi connectivity index (χ1) is 7.99. The summed E-state index contributed by atoms with van der Waals surface area (Å²) in [6, 6.07) is 1.44. The number of nitrogen functional groups attached to an aromatic ring is 1. The molecule has 0 aliphatic rings. The van der Waals surface area contributed by atoms with Gasteiger partial charge in [0.15, 0.2) is 0 Å². The van der Waals surface area contributed by atoms with E-state index in [2.05, 4.69) is 14.9 Å². The highest BCUT2D eigenvalue weighted by molar-refractivity contribution is 7.91. The molecule has 6 nitrogen and oxygen atoms in total. The number of hydrogen-bond acceptors (Lipinski definition) is 5. The largest absolute Gasteiger partial charge is 0.398 e. The van der Waals surface area contributed by atoms with Gasteiger partial charge in [0.2, 0.25) is 10.0 Å². The molecule has 2 heterocycles. The number of rotatable bonds is 4. The zero-order valence-electron chi connectivity index (χ0n) is 9.10. The van der Waals surface area contributed by atoms with Crippen molar-refractivity contribution in [3.8, 4) is 0 Å². The van der Waals surface area contributed by atoms with Crippen LogP contribution in [0.2, 0.25) is 0 Å². The van der Waals surface area contributed by atoms with E-state index in [0.717, 1.165) is 22.6 Å². The lowest BCUT2D eigenvalue weighted by molar-refractivity contribution is 0.583. The molecule has 0 amide bonds. The van der Waals surface area contributed by atoms with E-state index in [0.29, 0.717) is 5.69 Å². The summed E-state index contributed by atoms with van der Waals surface area (Å²) in [7, 11) is -3.49. The minimum Gasteiger partial charge on any atom is -0.398 e. The SMILES string of the molecule is Cc1[nH]ncc1CNS(=O)(=O)c1cc(N)cs1. The van der Waals surface area contributed by atoms with Crippen LogP contribution in [0, 0.1) is 6.92 Å². The molecule has 2 aromatic rings. The second kappa shape index (κ2) is 4.47. The molecule has 92 valence electrons. The quantitative estimate of drug-likeness (QED) is 0.767. The molecule has 0 atom stereocenters. The average Bonchev–Trinajstić information content (AvgIpc) is 2.85. The van der Waals surface area contributed by atoms with Crippen molar-refractivity contribution in [1.82, 2.24) is 14.9 Å². The number of nitrogens with zero attached hydrogens (tertiary/aromatic N) is 1. The maximum Gasteiger partial charge on any atom is 0.250 e. The minimum atomic E-state index is -3.49. The van der Waals surface area contributed by atoms with Crippen molar-refractivity contribution in [2.24, 2.45) is 0 Å². The average molecular weight is 272 g/mol. The summed E-state index contributed by atoms with van der Waals surface area (Å²) in [5.41, 5.74) is 7.61. The standard InChI is InChI=1S/C9H12N4O2S2/c1-6-7(3-11-13-6)4-12-17(14,15)9-2-8(10)5-16-9/h2-3,5,12H,4,10H2,1H3,(H,11,13). The highest BCUT2D eigenvalue weighted by Crippen LogP contribution is 2.21. The molecule has 0 fully saturated rings. The van der Waals surface area contributed by atoms with Crippen LogP contribution in [0.5, 0.6) is 0 Å². The highest BCUT2D eigenvalue weighted by Gasteiger charge is 2.16. The third-order valence-electron chi connectivity index (χ3n) is 2.25. The maximum absolute atomic E-state index is 11.9. The van der Waals surface area contributed by atoms with E-state index >= 15 is 0 Å². The van der Waals surface area contributed by atoms with Gasteiger partial charge in [-0.3, -0.25) is 5.10 Å². The fourth-order valence-electron chi connectivity index (χ4n) is 1.27. The number of anilines is 1. The van der Waals surface area contributed by atoms with Crippen LogP contribution in [0.4, 0.5) is 5.69 Å². The van der Waals surface area contributed by atoms with Gasteiger partial charge in [-0.1, -0.05) is 0 Å². The van der Waals surface area contributed by atoms with E-state index in [4.69, 9.17) is 5.73 Å². The first kappa shape index (κ1) is 12.1. The van der Waals surface area contributed by atoms with Crippen LogP contribution in [0.25, 0.3) is 0 Å². The van der Waals surface area contributed by atoms with E-state index in [9.17, 15) is 8.42 Å². The number of H-pyrrole nitrogens is 1. The fourth-order valence-corrected chi connectivity index (χ4v) is 3.40. The van der Waals surface area contributed by atoms with Gasteiger partial charge in [-0.25, -0.2) is 13.1 Å². The zero-order chi connectivity index (χ0) is 12.5. The Morgan fingerprint density at radius 3 is 2.88 bits per heavy atom. The maximum atomic E-state index is 11.9. The minimum absolute atomic E-state index is 0.211. The molecule has 4 N–H and O–H groups in total. The summed E-state index contributed by atoms with van der Waals surface area (Å²) in [5, 5.41) is 8.16. The zero-order valence-corrected chi connectivity index (χ0v) is 10.7. The molecule has 0 unspecified atom stereocenters. The number of nitrogens with one attached hydrogen (secondary N) is 2. The molecule has 2 rings (SSSR count). The molecular formula is C9H12N4O2S2. The molecule has 17 heavy (non-hydrogen) atoms. The summed E-state index contributed by atoms with van der Waals surface area (Å²) in [5.74, 6) is 0. The van der Waals surface area contributed by atoms with E-state index in [1.165, 1.54) is 6.07 Å². The Kier molecular flexibility index (Phi) is 3.18. The second-order valence-electron chi connectivity index (χ2n) is 3.54. The van der Waals surface area contributed by atoms with Crippen LogP contribution in [0.1, 0.15) is 11.3 Å². The molecule has 2 aromatic heterocycles. The van der Waals surface area contributed by atoms with Gasteiger partial charge in [-0.15, -0.1) is 11.3 Å². The molecule has 8 heteroatoms. The van der Waals surface area contributed by atoms with Gasteiger partial charge in [0.05, 0.1) is 6.20 Å². The van der Waals surface area contributed by atoms with Crippen molar-refractivity contribution in [2.45, 2.75) is 17.7 Å². The fraction of sp³-hybridized carbons (Fsp3) is 0.222. The van der Waals surface area contributed by atoms with E-state index < -0.39 is 10.0 Å². The predicted octanol–water partition coefficient (Wildman–Crippen LogP) is 0.840. The van der Waals surface area contributed by atoms with Gasteiger partial charge in [0.25, 0.3) is 0 Å². The third-order valence-corrected chi connectivity index (χ3v) is 5.11. The Hall–Kier alpha value is -1.38. The van der Waals surface area contributed by atoms with Crippen LogP contribution in [-0.4, -0.2) is 18.6 Å². The smallest absolute Gasteiger partial charge is 0.250 e. The number of nitrogens with two attached hydrogens (primary N) is 1. The summed E-state index contributed by atoms with van der Waals surface area (Å²) < 4.78 is 26.4. The summed E-state index contributed by atoms with van der Waals surface area (Å²) >= 11 is 1.10. The van der Waals surface area contributed by atoms with Gasteiger partial charge >= 0.3 is 0 Å². The Labute approximate surface area is 103 Å². The third kappa shape index (κ3) is 2.65. The van der Waals surface area contributed by atoms with Crippen molar-refractivity contribution < 1.29 is 8.42 Å². The number of sulfonamides is 1. The molecule has 0 saturated heterocycles. The topological polar surface area (TPSA) is 101 Å². The lowest BCUT2D eigenvalue weighted by Gasteiger charge is -2.03. The normalized spacial score (nSPS) is 11.8. The van der Waals surface area contributed by atoms with Crippen LogP contribution in [-0.2, 0) is 16.6 Å². The molecule has 0 saturated carbocycles. The first-order valence-corrected chi connectivity index (χ1v) is 7.18. The molecular weight excluding hydrogens is 260 g/mol. The number of hydrogen-bond donors (Lipinski definition) is 3. The molecule has 0 spiro atoms. The van der Waals surface area contributed by atoms with Crippen molar-refractivity contribution >= 4 is 27.0 Å². The Balaban J connectivity index is 2.11. The molecule has 0 aliphatic heterocycles. The summed E-state index contributed by atoms with van der Waals surface area (Å²) in [6.07, 6.45) is 1.60. The molecule has 0 radical (unpaired) electrons. The van der Waals surface area contributed by atoms with Crippen LogP contribution < -0.4 is 10.5 Å². The molecule has 0 aromatic carbocycles. The monoisotopic (exact) mass is 272 g/mol. The number of aromatic amines is 1. The first-order valence-electron chi connectivity index (χ1n) is 4.81. The lowest BCUT2D eigenvalue weighted by Crippen LogP contribution is -2.22. The Bertz CT molecular complexity index is 614. The highest BCUT2D eigenvalue weighted by atomic mass is 32.2. The Morgan fingerprint density at radius 2 is 2.35 bits per heavy atom. The van der Waals surface area contributed by atoms with E-state index in [1.54, 1.807) is 11.6 Å². The number of aryl methyl sites for hydroxylation is 1. The van der Waals surface area contributed by atoms with Crippen LogP contribution in [0.3, 0.4) is 0 Å². The van der Waals surface area contributed by atoms with Gasteiger partial charge in [-0.05, 0) is 13.0 Å². The van der Waals surface area contributed by atoms with Gasteiger partial charge in [0.1, 0.15) is 4.21 Å². The van der Waals surface area contributed by atoms with Gasteiger partial charge in [-0.2, -0.15) is 5.10 Å². The summed E-state index contributed by atoms with van der Waals surface area (Å²) in [6.45, 7) is 2.04.